The van der Waals surface area contributed by atoms with Crippen LogP contribution in [0.3, 0.4) is 0 Å². The molecule has 0 fully saturated rings. The van der Waals surface area contributed by atoms with Gasteiger partial charge < -0.3 is 4.74 Å². The molecule has 38 heavy (non-hydrogen) atoms. The Morgan fingerprint density at radius 2 is 1.18 bits per heavy atom. The first kappa shape index (κ1) is 27.7. The Morgan fingerprint density at radius 3 is 1.76 bits per heavy atom. The first-order valence-electron chi connectivity index (χ1n) is 14.0. The second kappa shape index (κ2) is 12.0. The molecule has 0 bridgehead atoms. The van der Waals surface area contributed by atoms with Gasteiger partial charge in [-0.05, 0) is 101 Å². The summed E-state index contributed by atoms with van der Waals surface area (Å²) >= 11 is 0. The van der Waals surface area contributed by atoms with Gasteiger partial charge in [0.1, 0.15) is 12.4 Å². The molecule has 0 unspecified atom stereocenters. The van der Waals surface area contributed by atoms with Crippen LogP contribution in [0.15, 0.2) is 84.9 Å². The average molecular weight is 505 g/mol. The third kappa shape index (κ3) is 7.84. The van der Waals surface area contributed by atoms with E-state index in [-0.39, 0.29) is 0 Å². The second-order valence-electron chi connectivity index (χ2n) is 12.6. The summed E-state index contributed by atoms with van der Waals surface area (Å²) in [5, 5.41) is 0. The van der Waals surface area contributed by atoms with Crippen molar-refractivity contribution in [2.45, 2.75) is 74.3 Å². The van der Waals surface area contributed by atoms with Crippen LogP contribution in [0.2, 0.25) is 0 Å². The van der Waals surface area contributed by atoms with Gasteiger partial charge in [0.2, 0.25) is 0 Å². The molecule has 0 aliphatic carbocycles. The lowest BCUT2D eigenvalue weighted by Crippen LogP contribution is -2.08. The van der Waals surface area contributed by atoms with E-state index in [1.807, 2.05) is 0 Å². The molecule has 0 aliphatic rings. The van der Waals surface area contributed by atoms with E-state index in [0.717, 1.165) is 25.0 Å². The summed E-state index contributed by atoms with van der Waals surface area (Å²) in [5.41, 5.74) is 12.1. The van der Waals surface area contributed by atoms with Crippen molar-refractivity contribution < 1.29 is 4.74 Å². The Morgan fingerprint density at radius 1 is 0.632 bits per heavy atom. The minimum atomic E-state index is 0.306. The summed E-state index contributed by atoms with van der Waals surface area (Å²) < 4.78 is 6.21. The van der Waals surface area contributed by atoms with Crippen molar-refractivity contribution in [3.63, 3.8) is 0 Å². The smallest absolute Gasteiger partial charge is 0.122 e. The van der Waals surface area contributed by atoms with Crippen LogP contribution >= 0.6 is 0 Å². The maximum absolute atomic E-state index is 6.21. The van der Waals surface area contributed by atoms with Crippen LogP contribution in [-0.4, -0.2) is 0 Å². The van der Waals surface area contributed by atoms with Gasteiger partial charge in [0.25, 0.3) is 0 Å². The van der Waals surface area contributed by atoms with Gasteiger partial charge in [-0.15, -0.1) is 0 Å². The number of rotatable bonds is 9. The molecular formula is C37H44O. The van der Waals surface area contributed by atoms with Crippen LogP contribution in [0.1, 0.15) is 73.6 Å². The van der Waals surface area contributed by atoms with E-state index < -0.39 is 0 Å². The zero-order valence-electron chi connectivity index (χ0n) is 24.4. The fraction of sp³-hybridized carbons (Fsp3) is 0.351. The minimum absolute atomic E-state index is 0.306. The molecule has 0 heterocycles. The maximum atomic E-state index is 6.21. The normalized spacial score (nSPS) is 11.7. The molecule has 0 radical (unpaired) electrons. The Kier molecular flexibility index (Phi) is 8.77. The summed E-state index contributed by atoms with van der Waals surface area (Å²) in [4.78, 5) is 0. The Labute approximate surface area is 230 Å². The van der Waals surface area contributed by atoms with Gasteiger partial charge in [0, 0.05) is 0 Å². The molecule has 4 aromatic carbocycles. The van der Waals surface area contributed by atoms with E-state index in [0.29, 0.717) is 17.9 Å². The number of benzene rings is 4. The molecule has 1 heteroatoms. The molecule has 0 aromatic heterocycles. The van der Waals surface area contributed by atoms with Crippen molar-refractivity contribution in [2.24, 2.45) is 11.3 Å². The molecule has 0 saturated heterocycles. The third-order valence-electron chi connectivity index (χ3n) is 7.06. The highest BCUT2D eigenvalue weighted by Crippen LogP contribution is 2.26. The molecule has 1 nitrogen and oxygen atoms in total. The largest absolute Gasteiger partial charge is 0.489 e. The highest BCUT2D eigenvalue weighted by atomic mass is 16.5. The van der Waals surface area contributed by atoms with E-state index in [2.05, 4.69) is 133 Å². The monoisotopic (exact) mass is 504 g/mol. The van der Waals surface area contributed by atoms with Crippen molar-refractivity contribution in [2.75, 3.05) is 0 Å². The topological polar surface area (TPSA) is 9.23 Å². The van der Waals surface area contributed by atoms with E-state index in [4.69, 9.17) is 4.74 Å². The minimum Gasteiger partial charge on any atom is -0.489 e. The van der Waals surface area contributed by atoms with Gasteiger partial charge in [-0.1, -0.05) is 113 Å². The van der Waals surface area contributed by atoms with Crippen LogP contribution in [-0.2, 0) is 25.9 Å². The first-order valence-corrected chi connectivity index (χ1v) is 14.0. The summed E-state index contributed by atoms with van der Waals surface area (Å²) in [6.45, 7) is 16.4. The average Bonchev–Trinajstić information content (AvgIpc) is 2.85. The first-order chi connectivity index (χ1) is 18.1. The molecule has 0 spiro atoms. The fourth-order valence-electron chi connectivity index (χ4n) is 5.10. The van der Waals surface area contributed by atoms with Gasteiger partial charge in [-0.2, -0.15) is 0 Å². The highest BCUT2D eigenvalue weighted by Gasteiger charge is 2.11. The molecule has 0 aliphatic heterocycles. The number of hydrogen-bond acceptors (Lipinski definition) is 1. The van der Waals surface area contributed by atoms with Gasteiger partial charge >= 0.3 is 0 Å². The van der Waals surface area contributed by atoms with E-state index in [9.17, 15) is 0 Å². The van der Waals surface area contributed by atoms with Crippen LogP contribution in [0, 0.1) is 25.2 Å². The van der Waals surface area contributed by atoms with Crippen LogP contribution in [0.5, 0.6) is 5.75 Å². The summed E-state index contributed by atoms with van der Waals surface area (Å²) in [6.07, 6.45) is 3.18. The number of ether oxygens (including phenoxy) is 1. The van der Waals surface area contributed by atoms with Gasteiger partial charge in [0.05, 0.1) is 0 Å². The van der Waals surface area contributed by atoms with Gasteiger partial charge in [0.15, 0.2) is 0 Å². The molecule has 4 aromatic rings. The van der Waals surface area contributed by atoms with Crippen LogP contribution in [0.4, 0.5) is 0 Å². The molecule has 0 atom stereocenters. The Bertz CT molecular complexity index is 1340. The number of hydrogen-bond donors (Lipinski definition) is 0. The summed E-state index contributed by atoms with van der Waals surface area (Å²) in [5.74, 6) is 1.63. The van der Waals surface area contributed by atoms with Crippen molar-refractivity contribution >= 4 is 0 Å². The summed E-state index contributed by atoms with van der Waals surface area (Å²) in [6, 6.07) is 31.3. The van der Waals surface area contributed by atoms with Crippen LogP contribution < -0.4 is 4.74 Å². The third-order valence-corrected chi connectivity index (χ3v) is 7.06. The molecule has 0 N–H and O–H groups in total. The molecule has 198 valence electrons. The zero-order chi connectivity index (χ0) is 27.3. The lowest BCUT2D eigenvalue weighted by atomic mass is 9.87. The molecule has 4 rings (SSSR count). The SMILES string of the molecule is Cc1ccc(Cc2ccc(OCc3ccc(-c4ccc(CC(C)(C)C)cc4)cc3)c(C)c2)cc1CC(C)C. The molecule has 0 amide bonds. The van der Waals surface area contributed by atoms with Crippen molar-refractivity contribution in [1.29, 1.82) is 0 Å². The lowest BCUT2D eigenvalue weighted by molar-refractivity contribution is 0.304. The standard InChI is InChI=1S/C37H44O/c1-26(2)20-35-23-32(9-8-27(35)3)22-31-14-19-36(28(4)21-31)38-25-30-12-17-34(18-13-30)33-15-10-29(11-16-33)24-37(5,6)7/h8-19,21,23,26H,20,22,24-25H2,1-7H3. The highest BCUT2D eigenvalue weighted by molar-refractivity contribution is 5.64. The van der Waals surface area contributed by atoms with Crippen molar-refractivity contribution in [3.8, 4) is 16.9 Å². The summed E-state index contributed by atoms with van der Waals surface area (Å²) in [7, 11) is 0. The Balaban J connectivity index is 1.35. The van der Waals surface area contributed by atoms with E-state index in [1.54, 1.807) is 0 Å². The molecular weight excluding hydrogens is 460 g/mol. The Hall–Kier alpha value is -3.32. The number of aryl methyl sites for hydroxylation is 2. The maximum Gasteiger partial charge on any atom is 0.122 e. The van der Waals surface area contributed by atoms with Gasteiger partial charge in [-0.25, -0.2) is 0 Å². The quantitative estimate of drug-likeness (QED) is 0.220. The van der Waals surface area contributed by atoms with Crippen molar-refractivity contribution in [3.05, 3.63) is 124 Å². The van der Waals surface area contributed by atoms with Crippen molar-refractivity contribution in [1.82, 2.24) is 0 Å². The predicted molar refractivity (Wildman–Crippen MR) is 163 cm³/mol. The lowest BCUT2D eigenvalue weighted by Gasteiger charge is -2.18. The fourth-order valence-corrected chi connectivity index (χ4v) is 5.10. The molecule has 0 saturated carbocycles. The van der Waals surface area contributed by atoms with E-state index >= 15 is 0 Å². The predicted octanol–water partition coefficient (Wildman–Crippen LogP) is 9.93. The second-order valence-corrected chi connectivity index (χ2v) is 12.6. The van der Waals surface area contributed by atoms with E-state index in [1.165, 1.54) is 50.1 Å². The zero-order valence-corrected chi connectivity index (χ0v) is 24.4. The van der Waals surface area contributed by atoms with Gasteiger partial charge in [-0.3, -0.25) is 0 Å². The van der Waals surface area contributed by atoms with Crippen LogP contribution in [0.25, 0.3) is 11.1 Å².